The third kappa shape index (κ3) is 3.68. The van der Waals surface area contributed by atoms with Crippen molar-refractivity contribution >= 4 is 17.3 Å². The summed E-state index contributed by atoms with van der Waals surface area (Å²) in [7, 11) is 0. The van der Waals surface area contributed by atoms with E-state index in [4.69, 9.17) is 11.6 Å². The van der Waals surface area contributed by atoms with Gasteiger partial charge in [0.15, 0.2) is 0 Å². The van der Waals surface area contributed by atoms with Crippen LogP contribution in [0.4, 0.5) is 5.69 Å². The fourth-order valence-corrected chi connectivity index (χ4v) is 2.27. The van der Waals surface area contributed by atoms with Gasteiger partial charge in [0.05, 0.1) is 15.5 Å². The van der Waals surface area contributed by atoms with Crippen molar-refractivity contribution in [2.24, 2.45) is 5.92 Å². The number of nitro benzene ring substituents is 1. The summed E-state index contributed by atoms with van der Waals surface area (Å²) in [6.07, 6.45) is 5.13. The van der Waals surface area contributed by atoms with E-state index in [9.17, 15) is 10.1 Å². The lowest BCUT2D eigenvalue weighted by atomic mass is 10.1. The molecule has 2 rings (SSSR count). The Bertz CT molecular complexity index is 433. The van der Waals surface area contributed by atoms with Crippen LogP contribution >= 0.6 is 11.6 Å². The molecule has 0 atom stereocenters. The van der Waals surface area contributed by atoms with Crippen molar-refractivity contribution in [3.05, 3.63) is 38.9 Å². The molecular weight excluding hydrogens is 252 g/mol. The van der Waals surface area contributed by atoms with Gasteiger partial charge >= 0.3 is 0 Å². The highest BCUT2D eigenvalue weighted by atomic mass is 35.5. The average Bonchev–Trinajstić information content (AvgIpc) is 3.14. The molecule has 0 spiro atoms. The van der Waals surface area contributed by atoms with E-state index in [-0.39, 0.29) is 10.6 Å². The first-order valence-electron chi connectivity index (χ1n) is 6.31. The zero-order valence-electron chi connectivity index (χ0n) is 10.2. The number of nitrogens with zero attached hydrogens (tertiary/aromatic N) is 1. The first-order chi connectivity index (χ1) is 8.68. The van der Waals surface area contributed by atoms with Crippen molar-refractivity contribution in [2.75, 3.05) is 6.54 Å². The summed E-state index contributed by atoms with van der Waals surface area (Å²) in [6, 6.07) is 4.79. The number of hydrogen-bond acceptors (Lipinski definition) is 3. The molecule has 0 saturated heterocycles. The zero-order chi connectivity index (χ0) is 13.0. The smallest absolute Gasteiger partial charge is 0.275 e. The normalized spacial score (nSPS) is 14.7. The van der Waals surface area contributed by atoms with Crippen LogP contribution in [0.1, 0.15) is 31.2 Å². The van der Waals surface area contributed by atoms with E-state index in [1.807, 2.05) is 0 Å². The topological polar surface area (TPSA) is 55.2 Å². The van der Waals surface area contributed by atoms with Crippen LogP contribution in [0.3, 0.4) is 0 Å². The van der Waals surface area contributed by atoms with Gasteiger partial charge < -0.3 is 5.32 Å². The summed E-state index contributed by atoms with van der Waals surface area (Å²) in [5.74, 6) is 0.932. The maximum atomic E-state index is 10.9. The van der Waals surface area contributed by atoms with Gasteiger partial charge in [0.1, 0.15) is 0 Å². The van der Waals surface area contributed by atoms with E-state index >= 15 is 0 Å². The minimum absolute atomic E-state index is 0.0946. The second-order valence-electron chi connectivity index (χ2n) is 4.76. The molecule has 1 aromatic carbocycles. The van der Waals surface area contributed by atoms with Crippen molar-refractivity contribution in [1.82, 2.24) is 5.32 Å². The number of benzene rings is 1. The molecule has 18 heavy (non-hydrogen) atoms. The van der Waals surface area contributed by atoms with Crippen LogP contribution in [-0.2, 0) is 6.54 Å². The van der Waals surface area contributed by atoms with Gasteiger partial charge in [-0.3, -0.25) is 10.1 Å². The SMILES string of the molecule is O=[N+]([O-])c1cccc(Cl)c1CNCCCC1CC1. The van der Waals surface area contributed by atoms with Crippen molar-refractivity contribution < 1.29 is 4.92 Å². The first kappa shape index (κ1) is 13.3. The highest BCUT2D eigenvalue weighted by Crippen LogP contribution is 2.33. The number of nitrogens with one attached hydrogen (secondary N) is 1. The Hall–Kier alpha value is -1.13. The molecule has 1 aliphatic rings. The van der Waals surface area contributed by atoms with Crippen LogP contribution in [0.15, 0.2) is 18.2 Å². The van der Waals surface area contributed by atoms with E-state index in [0.29, 0.717) is 17.1 Å². The minimum atomic E-state index is -0.382. The Kier molecular flexibility index (Phi) is 4.55. The molecule has 1 aromatic rings. The molecule has 1 N–H and O–H groups in total. The van der Waals surface area contributed by atoms with Gasteiger partial charge in [0.25, 0.3) is 5.69 Å². The lowest BCUT2D eigenvalue weighted by Gasteiger charge is -2.07. The predicted molar refractivity (Wildman–Crippen MR) is 71.8 cm³/mol. The Morgan fingerprint density at radius 3 is 2.89 bits per heavy atom. The van der Waals surface area contributed by atoms with Crippen molar-refractivity contribution in [1.29, 1.82) is 0 Å². The van der Waals surface area contributed by atoms with Gasteiger partial charge in [-0.05, 0) is 31.4 Å². The summed E-state index contributed by atoms with van der Waals surface area (Å²) in [5.41, 5.74) is 0.674. The Morgan fingerprint density at radius 2 is 2.22 bits per heavy atom. The highest BCUT2D eigenvalue weighted by Gasteiger charge is 2.20. The number of halogens is 1. The molecule has 98 valence electrons. The lowest BCUT2D eigenvalue weighted by Crippen LogP contribution is -2.16. The number of nitro groups is 1. The highest BCUT2D eigenvalue weighted by molar-refractivity contribution is 6.31. The maximum Gasteiger partial charge on any atom is 0.275 e. The third-order valence-corrected chi connectivity index (χ3v) is 3.61. The average molecular weight is 269 g/mol. The molecule has 0 radical (unpaired) electrons. The molecule has 1 saturated carbocycles. The van der Waals surface area contributed by atoms with Gasteiger partial charge in [-0.25, -0.2) is 0 Å². The standard InChI is InChI=1S/C13H17ClN2O2/c14-12-4-1-5-13(16(17)18)11(12)9-15-8-2-3-10-6-7-10/h1,4-5,10,15H,2-3,6-9H2. The Labute approximate surface area is 111 Å². The van der Waals surface area contributed by atoms with Crippen LogP contribution in [0.25, 0.3) is 0 Å². The molecule has 0 aromatic heterocycles. The quantitative estimate of drug-likeness (QED) is 0.468. The Morgan fingerprint density at radius 1 is 1.44 bits per heavy atom. The van der Waals surface area contributed by atoms with Crippen molar-refractivity contribution in [3.63, 3.8) is 0 Å². The Balaban J connectivity index is 1.84. The van der Waals surface area contributed by atoms with Crippen molar-refractivity contribution in [2.45, 2.75) is 32.2 Å². The van der Waals surface area contributed by atoms with E-state index < -0.39 is 0 Å². The predicted octanol–water partition coefficient (Wildman–Crippen LogP) is 3.53. The van der Waals surface area contributed by atoms with Crippen LogP contribution in [0.2, 0.25) is 5.02 Å². The lowest BCUT2D eigenvalue weighted by molar-refractivity contribution is -0.385. The summed E-state index contributed by atoms with van der Waals surface area (Å²) in [4.78, 5) is 10.5. The van der Waals surface area contributed by atoms with E-state index in [1.54, 1.807) is 12.1 Å². The molecular formula is C13H17ClN2O2. The summed E-state index contributed by atoms with van der Waals surface area (Å²) in [5, 5.41) is 14.6. The summed E-state index contributed by atoms with van der Waals surface area (Å²) in [6.45, 7) is 1.35. The molecule has 4 nitrogen and oxygen atoms in total. The number of hydrogen-bond donors (Lipinski definition) is 1. The van der Waals surface area contributed by atoms with E-state index in [1.165, 1.54) is 25.3 Å². The largest absolute Gasteiger partial charge is 0.312 e. The van der Waals surface area contributed by atoms with Gasteiger partial charge in [-0.2, -0.15) is 0 Å². The van der Waals surface area contributed by atoms with Crippen LogP contribution in [-0.4, -0.2) is 11.5 Å². The maximum absolute atomic E-state index is 10.9. The second-order valence-corrected chi connectivity index (χ2v) is 5.16. The molecule has 0 aliphatic heterocycles. The van der Waals surface area contributed by atoms with Gasteiger partial charge in [-0.15, -0.1) is 0 Å². The fraction of sp³-hybridized carbons (Fsp3) is 0.538. The molecule has 1 aliphatic carbocycles. The van der Waals surface area contributed by atoms with Crippen LogP contribution in [0, 0.1) is 16.0 Å². The second kappa shape index (κ2) is 6.16. The van der Waals surface area contributed by atoms with Crippen LogP contribution in [0.5, 0.6) is 0 Å². The number of rotatable bonds is 7. The fourth-order valence-electron chi connectivity index (χ4n) is 2.03. The zero-order valence-corrected chi connectivity index (χ0v) is 10.9. The molecule has 5 heteroatoms. The van der Waals surface area contributed by atoms with E-state index in [2.05, 4.69) is 5.32 Å². The van der Waals surface area contributed by atoms with Crippen LogP contribution < -0.4 is 5.32 Å². The van der Waals surface area contributed by atoms with Gasteiger partial charge in [-0.1, -0.05) is 30.5 Å². The monoisotopic (exact) mass is 268 g/mol. The molecule has 0 bridgehead atoms. The molecule has 0 unspecified atom stereocenters. The molecule has 0 heterocycles. The summed E-state index contributed by atoms with van der Waals surface area (Å²) >= 11 is 6.00. The summed E-state index contributed by atoms with van der Waals surface area (Å²) < 4.78 is 0. The van der Waals surface area contributed by atoms with Gasteiger partial charge in [0, 0.05) is 12.6 Å². The van der Waals surface area contributed by atoms with E-state index in [0.717, 1.165) is 18.9 Å². The van der Waals surface area contributed by atoms with Gasteiger partial charge in [0.2, 0.25) is 0 Å². The third-order valence-electron chi connectivity index (χ3n) is 3.26. The van der Waals surface area contributed by atoms with Crippen molar-refractivity contribution in [3.8, 4) is 0 Å². The first-order valence-corrected chi connectivity index (χ1v) is 6.69. The molecule has 1 fully saturated rings. The molecule has 0 amide bonds. The minimum Gasteiger partial charge on any atom is -0.312 e.